The van der Waals surface area contributed by atoms with Gasteiger partial charge in [-0.2, -0.15) is 0 Å². The zero-order valence-electron chi connectivity index (χ0n) is 8.59. The van der Waals surface area contributed by atoms with E-state index < -0.39 is 23.5 Å². The van der Waals surface area contributed by atoms with Crippen LogP contribution in [-0.4, -0.2) is 17.7 Å². The Morgan fingerprint density at radius 1 is 1.50 bits per heavy atom. The molecule has 0 spiro atoms. The smallest absolute Gasteiger partial charge is 0.310 e. The predicted molar refractivity (Wildman–Crippen MR) is 51.6 cm³/mol. The zero-order valence-corrected chi connectivity index (χ0v) is 8.59. The molecule has 1 aromatic carbocycles. The van der Waals surface area contributed by atoms with Crippen LogP contribution in [0.3, 0.4) is 0 Å². The largest absolute Gasteiger partial charge is 0.492 e. The highest BCUT2D eigenvalue weighted by Crippen LogP contribution is 2.38. The highest BCUT2D eigenvalue weighted by atomic mass is 19.1. The third-order valence-electron chi connectivity index (χ3n) is 2.72. The molecule has 1 aromatic rings. The normalized spacial score (nSPS) is 15.4. The van der Waals surface area contributed by atoms with Gasteiger partial charge in [0.15, 0.2) is 0 Å². The summed E-state index contributed by atoms with van der Waals surface area (Å²) in [5.74, 6) is -3.69. The molecule has 1 aliphatic heterocycles. The van der Waals surface area contributed by atoms with Crippen LogP contribution in [0.15, 0.2) is 6.07 Å². The van der Waals surface area contributed by atoms with Gasteiger partial charge in [-0.15, -0.1) is 0 Å². The van der Waals surface area contributed by atoms with Gasteiger partial charge in [0.1, 0.15) is 17.4 Å². The number of hydrogen-bond donors (Lipinski definition) is 1. The number of ether oxygens (including phenoxy) is 1. The van der Waals surface area contributed by atoms with Gasteiger partial charge >= 0.3 is 5.97 Å². The minimum atomic E-state index is -1.16. The van der Waals surface area contributed by atoms with Crippen molar-refractivity contribution in [3.05, 3.63) is 28.8 Å². The summed E-state index contributed by atoms with van der Waals surface area (Å²) < 4.78 is 32.0. The maximum absolute atomic E-state index is 13.5. The highest BCUT2D eigenvalue weighted by Gasteiger charge is 2.29. The molecule has 0 saturated carbocycles. The van der Waals surface area contributed by atoms with E-state index in [-0.39, 0.29) is 23.5 Å². The molecule has 16 heavy (non-hydrogen) atoms. The van der Waals surface area contributed by atoms with E-state index in [9.17, 15) is 13.6 Å². The third-order valence-corrected chi connectivity index (χ3v) is 2.72. The van der Waals surface area contributed by atoms with Crippen LogP contribution in [0.4, 0.5) is 8.78 Å². The predicted octanol–water partition coefficient (Wildman–Crippen LogP) is 2.09. The van der Waals surface area contributed by atoms with Crippen LogP contribution in [0.1, 0.15) is 24.0 Å². The Labute approximate surface area is 90.7 Å². The monoisotopic (exact) mass is 228 g/mol. The van der Waals surface area contributed by atoms with Gasteiger partial charge in [0.2, 0.25) is 0 Å². The van der Waals surface area contributed by atoms with E-state index in [1.54, 1.807) is 0 Å². The number of halogens is 2. The lowest BCUT2D eigenvalue weighted by molar-refractivity contribution is -0.138. The van der Waals surface area contributed by atoms with Crippen LogP contribution in [-0.2, 0) is 11.2 Å². The summed E-state index contributed by atoms with van der Waals surface area (Å²) in [5, 5.41) is 8.84. The van der Waals surface area contributed by atoms with Crippen LogP contribution < -0.4 is 4.74 Å². The molecule has 0 aromatic heterocycles. The fraction of sp³-hybridized carbons (Fsp3) is 0.364. The molecule has 3 nitrogen and oxygen atoms in total. The van der Waals surface area contributed by atoms with E-state index in [1.165, 1.54) is 6.92 Å². The van der Waals surface area contributed by atoms with Gasteiger partial charge in [-0.05, 0) is 6.92 Å². The van der Waals surface area contributed by atoms with E-state index in [0.29, 0.717) is 6.42 Å². The minimum Gasteiger partial charge on any atom is -0.492 e. The number of benzene rings is 1. The molecule has 0 radical (unpaired) electrons. The SMILES string of the molecule is CC(C(=O)O)c1c(F)cc(F)c2c1OCC2. The van der Waals surface area contributed by atoms with E-state index in [0.717, 1.165) is 6.07 Å². The van der Waals surface area contributed by atoms with Crippen molar-refractivity contribution in [2.24, 2.45) is 0 Å². The van der Waals surface area contributed by atoms with Gasteiger partial charge < -0.3 is 9.84 Å². The molecule has 5 heteroatoms. The molecule has 0 aliphatic carbocycles. The fourth-order valence-electron chi connectivity index (χ4n) is 1.84. The molecule has 0 bridgehead atoms. The van der Waals surface area contributed by atoms with Crippen LogP contribution in [0.2, 0.25) is 0 Å². The van der Waals surface area contributed by atoms with Crippen molar-refractivity contribution < 1.29 is 23.4 Å². The van der Waals surface area contributed by atoms with Gasteiger partial charge in [-0.25, -0.2) is 8.78 Å². The molecule has 0 fully saturated rings. The molecule has 86 valence electrons. The second-order valence-electron chi connectivity index (χ2n) is 3.72. The lowest BCUT2D eigenvalue weighted by Gasteiger charge is -2.13. The Kier molecular flexibility index (Phi) is 2.53. The first-order valence-corrected chi connectivity index (χ1v) is 4.88. The molecular formula is C11H10F2O3. The third kappa shape index (κ3) is 1.52. The first-order valence-electron chi connectivity index (χ1n) is 4.88. The fourth-order valence-corrected chi connectivity index (χ4v) is 1.84. The quantitative estimate of drug-likeness (QED) is 0.843. The van der Waals surface area contributed by atoms with Crippen LogP contribution >= 0.6 is 0 Å². The summed E-state index contributed by atoms with van der Waals surface area (Å²) in [6.45, 7) is 1.61. The molecule has 1 heterocycles. The highest BCUT2D eigenvalue weighted by molar-refractivity contribution is 5.77. The Morgan fingerprint density at radius 3 is 2.81 bits per heavy atom. The van der Waals surface area contributed by atoms with Gasteiger partial charge in [-0.3, -0.25) is 4.79 Å². The van der Waals surface area contributed by atoms with Crippen molar-refractivity contribution >= 4 is 5.97 Å². The van der Waals surface area contributed by atoms with Crippen molar-refractivity contribution in [3.63, 3.8) is 0 Å². The summed E-state index contributed by atoms with van der Waals surface area (Å²) in [7, 11) is 0. The van der Waals surface area contributed by atoms with Crippen molar-refractivity contribution in [2.75, 3.05) is 6.61 Å². The number of carboxylic acid groups (broad SMARTS) is 1. The topological polar surface area (TPSA) is 46.5 Å². The minimum absolute atomic E-state index is 0.0624. The average molecular weight is 228 g/mol. The van der Waals surface area contributed by atoms with E-state index in [1.807, 2.05) is 0 Å². The first kappa shape index (κ1) is 10.9. The number of rotatable bonds is 2. The number of carboxylic acids is 1. The molecule has 1 N–H and O–H groups in total. The molecule has 0 amide bonds. The molecule has 1 atom stereocenters. The maximum Gasteiger partial charge on any atom is 0.310 e. The Balaban J connectivity index is 2.61. The second-order valence-corrected chi connectivity index (χ2v) is 3.72. The summed E-state index contributed by atoms with van der Waals surface area (Å²) in [6, 6.07) is 0.724. The Hall–Kier alpha value is -1.65. The van der Waals surface area contributed by atoms with Gasteiger partial charge in [0.25, 0.3) is 0 Å². The van der Waals surface area contributed by atoms with E-state index >= 15 is 0 Å². The number of fused-ring (bicyclic) bond motifs is 1. The molecule has 1 aliphatic rings. The van der Waals surface area contributed by atoms with Gasteiger partial charge in [0.05, 0.1) is 12.5 Å². The second kappa shape index (κ2) is 3.73. The lowest BCUT2D eigenvalue weighted by atomic mass is 9.96. The first-order chi connectivity index (χ1) is 7.52. The Morgan fingerprint density at radius 2 is 2.19 bits per heavy atom. The molecule has 1 unspecified atom stereocenters. The number of hydrogen-bond acceptors (Lipinski definition) is 2. The van der Waals surface area contributed by atoms with Crippen LogP contribution in [0.5, 0.6) is 5.75 Å². The summed E-state index contributed by atoms with van der Waals surface area (Å²) >= 11 is 0. The van der Waals surface area contributed by atoms with Crippen molar-refractivity contribution in [2.45, 2.75) is 19.3 Å². The zero-order chi connectivity index (χ0) is 11.9. The van der Waals surface area contributed by atoms with Crippen molar-refractivity contribution in [3.8, 4) is 5.75 Å². The summed E-state index contributed by atoms with van der Waals surface area (Å²) in [4.78, 5) is 10.8. The molecule has 0 saturated heterocycles. The summed E-state index contributed by atoms with van der Waals surface area (Å²) in [5.41, 5.74) is 0.200. The van der Waals surface area contributed by atoms with E-state index in [2.05, 4.69) is 0 Å². The standard InChI is InChI=1S/C11H10F2O3/c1-5(11(14)15)9-8(13)4-7(12)6-2-3-16-10(6)9/h4-5H,2-3H2,1H3,(H,14,15). The maximum atomic E-state index is 13.5. The molecular weight excluding hydrogens is 218 g/mol. The number of aliphatic carboxylic acids is 1. The lowest BCUT2D eigenvalue weighted by Crippen LogP contribution is -2.11. The van der Waals surface area contributed by atoms with Gasteiger partial charge in [-0.1, -0.05) is 0 Å². The van der Waals surface area contributed by atoms with E-state index in [4.69, 9.17) is 9.84 Å². The van der Waals surface area contributed by atoms with Crippen LogP contribution in [0, 0.1) is 11.6 Å². The Bertz CT molecular complexity index is 457. The number of carbonyl (C=O) groups is 1. The molecule has 2 rings (SSSR count). The van der Waals surface area contributed by atoms with Crippen molar-refractivity contribution in [1.29, 1.82) is 0 Å². The summed E-state index contributed by atoms with van der Waals surface area (Å²) in [6.07, 6.45) is 0.348. The van der Waals surface area contributed by atoms with Crippen LogP contribution in [0.25, 0.3) is 0 Å². The van der Waals surface area contributed by atoms with Gasteiger partial charge in [0, 0.05) is 23.6 Å². The van der Waals surface area contributed by atoms with Crippen molar-refractivity contribution in [1.82, 2.24) is 0 Å². The average Bonchev–Trinajstić information content (AvgIpc) is 2.66.